The Morgan fingerprint density at radius 1 is 0.952 bits per heavy atom. The molecule has 1 aliphatic rings. The van der Waals surface area contributed by atoms with Gasteiger partial charge in [0.2, 0.25) is 0 Å². The fourth-order valence-corrected chi connectivity index (χ4v) is 3.20. The van der Waals surface area contributed by atoms with Crippen LogP contribution in [0.3, 0.4) is 0 Å². The Bertz CT molecular complexity index is 568. The Labute approximate surface area is 127 Å². The van der Waals surface area contributed by atoms with Gasteiger partial charge in [0, 0.05) is 6.54 Å². The first kappa shape index (κ1) is 14.2. The second-order valence-electron chi connectivity index (χ2n) is 6.37. The smallest absolute Gasteiger partial charge is 0.115 e. The Morgan fingerprint density at radius 3 is 2.19 bits per heavy atom. The molecule has 110 valence electrons. The predicted octanol–water partition coefficient (Wildman–Crippen LogP) is 3.95. The van der Waals surface area contributed by atoms with E-state index >= 15 is 0 Å². The lowest BCUT2D eigenvalue weighted by Gasteiger charge is -2.40. The molecule has 2 nitrogen and oxygen atoms in total. The zero-order chi connectivity index (χ0) is 14.7. The number of benzene rings is 2. The maximum atomic E-state index is 9.44. The summed E-state index contributed by atoms with van der Waals surface area (Å²) in [4.78, 5) is 2.54. The Kier molecular flexibility index (Phi) is 3.98. The van der Waals surface area contributed by atoms with E-state index in [0.717, 1.165) is 19.6 Å². The van der Waals surface area contributed by atoms with E-state index in [9.17, 15) is 5.11 Å². The van der Waals surface area contributed by atoms with Crippen LogP contribution in [0.5, 0.6) is 5.75 Å². The number of likely N-dealkylation sites (tertiary alicyclic amines) is 1. The van der Waals surface area contributed by atoms with Crippen LogP contribution in [0.15, 0.2) is 54.6 Å². The van der Waals surface area contributed by atoms with Crippen molar-refractivity contribution in [2.45, 2.75) is 31.7 Å². The standard InChI is InChI=1S/C19H23NO/c1-19(17-7-9-18(21)10-8-17)11-13-20(14-12-19)15-16-5-3-2-4-6-16/h2-10,21H,11-15H2,1H3. The molecule has 21 heavy (non-hydrogen) atoms. The molecular weight excluding hydrogens is 258 g/mol. The van der Waals surface area contributed by atoms with E-state index in [0.29, 0.717) is 5.75 Å². The maximum absolute atomic E-state index is 9.44. The highest BCUT2D eigenvalue weighted by molar-refractivity contribution is 5.31. The topological polar surface area (TPSA) is 23.5 Å². The van der Waals surface area contributed by atoms with Gasteiger partial charge in [-0.25, -0.2) is 0 Å². The molecule has 1 saturated heterocycles. The minimum Gasteiger partial charge on any atom is -0.508 e. The molecule has 0 radical (unpaired) electrons. The predicted molar refractivity (Wildman–Crippen MR) is 86.4 cm³/mol. The first-order valence-corrected chi connectivity index (χ1v) is 7.72. The van der Waals surface area contributed by atoms with Gasteiger partial charge in [0.05, 0.1) is 0 Å². The van der Waals surface area contributed by atoms with Crippen LogP contribution in [0, 0.1) is 0 Å². The summed E-state index contributed by atoms with van der Waals surface area (Å²) in [6, 6.07) is 18.4. The molecule has 2 aromatic carbocycles. The van der Waals surface area contributed by atoms with E-state index in [2.05, 4.69) is 54.3 Å². The van der Waals surface area contributed by atoms with Crippen LogP contribution in [-0.2, 0) is 12.0 Å². The average molecular weight is 281 g/mol. The molecule has 0 aliphatic carbocycles. The number of phenols is 1. The SMILES string of the molecule is CC1(c2ccc(O)cc2)CCN(Cc2ccccc2)CC1. The van der Waals surface area contributed by atoms with Crippen molar-refractivity contribution in [3.8, 4) is 5.75 Å². The molecule has 2 aromatic rings. The van der Waals surface area contributed by atoms with Crippen molar-refractivity contribution >= 4 is 0 Å². The molecule has 0 amide bonds. The molecule has 0 atom stereocenters. The molecule has 0 bridgehead atoms. The molecular formula is C19H23NO. The van der Waals surface area contributed by atoms with E-state index in [1.807, 2.05) is 0 Å². The molecule has 0 spiro atoms. The number of hydrogen-bond donors (Lipinski definition) is 1. The monoisotopic (exact) mass is 281 g/mol. The average Bonchev–Trinajstić information content (AvgIpc) is 2.51. The van der Waals surface area contributed by atoms with E-state index in [4.69, 9.17) is 0 Å². The van der Waals surface area contributed by atoms with Gasteiger partial charge in [-0.05, 0) is 54.6 Å². The molecule has 1 heterocycles. The second kappa shape index (κ2) is 5.90. The normalized spacial score (nSPS) is 18.5. The van der Waals surface area contributed by atoms with Gasteiger partial charge in [-0.2, -0.15) is 0 Å². The highest BCUT2D eigenvalue weighted by Crippen LogP contribution is 2.35. The van der Waals surface area contributed by atoms with Crippen molar-refractivity contribution in [1.29, 1.82) is 0 Å². The van der Waals surface area contributed by atoms with Crippen LogP contribution >= 0.6 is 0 Å². The number of piperidine rings is 1. The fourth-order valence-electron chi connectivity index (χ4n) is 3.20. The van der Waals surface area contributed by atoms with E-state index in [1.54, 1.807) is 12.1 Å². The lowest BCUT2D eigenvalue weighted by molar-refractivity contribution is 0.162. The zero-order valence-electron chi connectivity index (χ0n) is 12.6. The molecule has 1 aliphatic heterocycles. The maximum Gasteiger partial charge on any atom is 0.115 e. The van der Waals surface area contributed by atoms with Crippen molar-refractivity contribution < 1.29 is 5.11 Å². The number of phenolic OH excluding ortho intramolecular Hbond substituents is 1. The lowest BCUT2D eigenvalue weighted by atomic mass is 9.74. The largest absolute Gasteiger partial charge is 0.508 e. The summed E-state index contributed by atoms with van der Waals surface area (Å²) < 4.78 is 0. The lowest BCUT2D eigenvalue weighted by Crippen LogP contribution is -2.40. The molecule has 1 fully saturated rings. The van der Waals surface area contributed by atoms with Gasteiger partial charge in [0.1, 0.15) is 5.75 Å². The van der Waals surface area contributed by atoms with Crippen LogP contribution in [0.1, 0.15) is 30.9 Å². The Morgan fingerprint density at radius 2 is 1.57 bits per heavy atom. The molecule has 0 unspecified atom stereocenters. The summed E-state index contributed by atoms with van der Waals surface area (Å²) in [7, 11) is 0. The summed E-state index contributed by atoms with van der Waals surface area (Å²) in [6.45, 7) is 5.66. The minimum atomic E-state index is 0.237. The quantitative estimate of drug-likeness (QED) is 0.921. The van der Waals surface area contributed by atoms with Crippen molar-refractivity contribution in [1.82, 2.24) is 4.90 Å². The van der Waals surface area contributed by atoms with Crippen molar-refractivity contribution in [2.24, 2.45) is 0 Å². The first-order chi connectivity index (χ1) is 10.2. The van der Waals surface area contributed by atoms with Crippen LogP contribution in [-0.4, -0.2) is 23.1 Å². The summed E-state index contributed by atoms with van der Waals surface area (Å²) in [6.07, 6.45) is 2.34. The van der Waals surface area contributed by atoms with Crippen molar-refractivity contribution in [3.63, 3.8) is 0 Å². The Hall–Kier alpha value is -1.80. The molecule has 3 rings (SSSR count). The highest BCUT2D eigenvalue weighted by Gasteiger charge is 2.31. The molecule has 0 aromatic heterocycles. The summed E-state index contributed by atoms with van der Waals surface area (Å²) in [5.41, 5.74) is 2.98. The summed E-state index contributed by atoms with van der Waals surface area (Å²) in [5, 5.41) is 9.44. The molecule has 1 N–H and O–H groups in total. The van der Waals surface area contributed by atoms with Crippen LogP contribution in [0.4, 0.5) is 0 Å². The third-order valence-electron chi connectivity index (χ3n) is 4.77. The van der Waals surface area contributed by atoms with Crippen LogP contribution < -0.4 is 0 Å². The van der Waals surface area contributed by atoms with E-state index in [-0.39, 0.29) is 5.41 Å². The summed E-state index contributed by atoms with van der Waals surface area (Å²) in [5.74, 6) is 0.351. The van der Waals surface area contributed by atoms with Gasteiger partial charge in [-0.1, -0.05) is 49.4 Å². The Balaban J connectivity index is 1.63. The molecule has 0 saturated carbocycles. The van der Waals surface area contributed by atoms with Crippen molar-refractivity contribution in [2.75, 3.05) is 13.1 Å². The number of hydrogen-bond acceptors (Lipinski definition) is 2. The van der Waals surface area contributed by atoms with Crippen LogP contribution in [0.25, 0.3) is 0 Å². The van der Waals surface area contributed by atoms with Crippen molar-refractivity contribution in [3.05, 3.63) is 65.7 Å². The van der Waals surface area contributed by atoms with Gasteiger partial charge in [-0.15, -0.1) is 0 Å². The second-order valence-corrected chi connectivity index (χ2v) is 6.37. The summed E-state index contributed by atoms with van der Waals surface area (Å²) >= 11 is 0. The number of aromatic hydroxyl groups is 1. The van der Waals surface area contributed by atoms with Gasteiger partial charge >= 0.3 is 0 Å². The van der Waals surface area contributed by atoms with E-state index in [1.165, 1.54) is 24.0 Å². The minimum absolute atomic E-state index is 0.237. The fraction of sp³-hybridized carbons (Fsp3) is 0.368. The van der Waals surface area contributed by atoms with Gasteiger partial charge in [0.15, 0.2) is 0 Å². The highest BCUT2D eigenvalue weighted by atomic mass is 16.3. The van der Waals surface area contributed by atoms with Gasteiger partial charge in [0.25, 0.3) is 0 Å². The molecule has 2 heteroatoms. The number of nitrogens with zero attached hydrogens (tertiary/aromatic N) is 1. The zero-order valence-corrected chi connectivity index (χ0v) is 12.6. The first-order valence-electron chi connectivity index (χ1n) is 7.72. The third-order valence-corrected chi connectivity index (χ3v) is 4.77. The van der Waals surface area contributed by atoms with Gasteiger partial charge < -0.3 is 5.11 Å². The third kappa shape index (κ3) is 3.27. The van der Waals surface area contributed by atoms with Gasteiger partial charge in [-0.3, -0.25) is 4.90 Å². The van der Waals surface area contributed by atoms with E-state index < -0.39 is 0 Å². The van der Waals surface area contributed by atoms with Crippen LogP contribution in [0.2, 0.25) is 0 Å². The number of rotatable bonds is 3.